The summed E-state index contributed by atoms with van der Waals surface area (Å²) in [5.74, 6) is 1.41. The molecule has 0 saturated heterocycles. The van der Waals surface area contributed by atoms with Gasteiger partial charge in [0.25, 0.3) is 0 Å². The molecule has 4 aromatic heterocycles. The molecule has 0 N–H and O–H groups in total. The number of hydrogen-bond acceptors (Lipinski definition) is 4. The van der Waals surface area contributed by atoms with E-state index < -0.39 is 8.07 Å². The topological polar surface area (TPSA) is 56.7 Å². The maximum atomic E-state index is 6.15. The number of aromatic nitrogens is 4. The van der Waals surface area contributed by atoms with Crippen LogP contribution in [0.15, 0.2) is 89.5 Å². The summed E-state index contributed by atoms with van der Waals surface area (Å²) in [4.78, 5) is 14.1. The summed E-state index contributed by atoms with van der Waals surface area (Å²) in [6, 6.07) is 33.4. The molecule has 1 radical (unpaired) electrons. The minimum Gasteiger partial charge on any atom is -0.486 e. The Morgan fingerprint density at radius 2 is 1.59 bits per heavy atom. The number of benzene rings is 3. The maximum Gasteiger partial charge on any atom is 0.216 e. The van der Waals surface area contributed by atoms with Crippen LogP contribution in [-0.4, -0.2) is 27.6 Å². The second-order valence-corrected chi connectivity index (χ2v) is 18.3. The average molecular weight is 801 g/mol. The summed E-state index contributed by atoms with van der Waals surface area (Å²) in [5.41, 5.74) is 8.92. The Bertz CT molecular complexity index is 2120. The van der Waals surface area contributed by atoms with Crippen LogP contribution in [-0.2, 0) is 20.1 Å². The van der Waals surface area contributed by atoms with Gasteiger partial charge in [0.05, 0.1) is 30.5 Å². The number of furan rings is 1. The van der Waals surface area contributed by atoms with Gasteiger partial charge in [-0.05, 0) is 61.8 Å². The zero-order valence-corrected chi connectivity index (χ0v) is 31.2. The summed E-state index contributed by atoms with van der Waals surface area (Å²) in [7, 11) is -1.34. The summed E-state index contributed by atoms with van der Waals surface area (Å²) in [6.45, 7) is 18.0. The second kappa shape index (κ2) is 13.4. The van der Waals surface area contributed by atoms with E-state index in [1.165, 1.54) is 10.8 Å². The molecule has 0 aliphatic carbocycles. The first kappa shape index (κ1) is 33.5. The van der Waals surface area contributed by atoms with E-state index in [0.29, 0.717) is 11.6 Å². The number of imidazole rings is 1. The van der Waals surface area contributed by atoms with Gasteiger partial charge in [-0.2, -0.15) is 0 Å². The molecule has 7 heteroatoms. The Morgan fingerprint density at radius 3 is 2.28 bits per heavy atom. The number of pyridine rings is 2. The zero-order chi connectivity index (χ0) is 31.9. The van der Waals surface area contributed by atoms with Crippen molar-refractivity contribution >= 4 is 46.4 Å². The van der Waals surface area contributed by atoms with E-state index in [-0.39, 0.29) is 26.1 Å². The van der Waals surface area contributed by atoms with Crippen molar-refractivity contribution < 1.29 is 24.5 Å². The van der Waals surface area contributed by atoms with Gasteiger partial charge in [-0.15, -0.1) is 54.1 Å². The fraction of sp³-hybridized carbons (Fsp3) is 0.256. The van der Waals surface area contributed by atoms with Crippen LogP contribution in [0, 0.1) is 19.1 Å². The predicted molar refractivity (Wildman–Crippen MR) is 190 cm³/mol. The van der Waals surface area contributed by atoms with Crippen molar-refractivity contribution in [3.8, 4) is 22.6 Å². The molecule has 237 valence electrons. The Hall–Kier alpha value is -3.90. The van der Waals surface area contributed by atoms with E-state index >= 15 is 0 Å². The van der Waals surface area contributed by atoms with Crippen LogP contribution in [0.1, 0.15) is 50.9 Å². The van der Waals surface area contributed by atoms with Gasteiger partial charge in [-0.3, -0.25) is 4.98 Å². The number of para-hydroxylation sites is 2. The molecular formula is C39H40IrN4OSi-2. The van der Waals surface area contributed by atoms with Gasteiger partial charge in [-0.1, -0.05) is 68.2 Å². The number of hydrogen-bond donors (Lipinski definition) is 0. The van der Waals surface area contributed by atoms with E-state index in [9.17, 15) is 0 Å². The van der Waals surface area contributed by atoms with Gasteiger partial charge in [0.1, 0.15) is 0 Å². The van der Waals surface area contributed by atoms with Gasteiger partial charge >= 0.3 is 0 Å². The van der Waals surface area contributed by atoms with Gasteiger partial charge in [0, 0.05) is 43.4 Å². The minimum atomic E-state index is -1.34. The number of aryl methyl sites for hydroxylation is 1. The Balaban J connectivity index is 0.000000187. The summed E-state index contributed by atoms with van der Waals surface area (Å²) in [6.07, 6.45) is 2.09. The van der Waals surface area contributed by atoms with E-state index in [4.69, 9.17) is 9.40 Å². The van der Waals surface area contributed by atoms with Gasteiger partial charge in [0.15, 0.2) is 0 Å². The van der Waals surface area contributed by atoms with E-state index in [1.807, 2.05) is 61.5 Å². The van der Waals surface area contributed by atoms with Crippen molar-refractivity contribution in [1.82, 2.24) is 19.5 Å². The van der Waals surface area contributed by atoms with Gasteiger partial charge < -0.3 is 14.0 Å². The van der Waals surface area contributed by atoms with Crippen molar-refractivity contribution in [2.75, 3.05) is 0 Å². The molecule has 0 saturated carbocycles. The molecule has 0 atom stereocenters. The van der Waals surface area contributed by atoms with E-state index in [0.717, 1.165) is 55.7 Å². The van der Waals surface area contributed by atoms with Crippen LogP contribution in [0.4, 0.5) is 0 Å². The second-order valence-electron chi connectivity index (χ2n) is 13.2. The van der Waals surface area contributed by atoms with Crippen molar-refractivity contribution in [3.63, 3.8) is 0 Å². The quantitative estimate of drug-likeness (QED) is 0.129. The molecule has 0 amide bonds. The normalized spacial score (nSPS) is 11.7. The summed E-state index contributed by atoms with van der Waals surface area (Å²) < 4.78 is 8.40. The smallest absolute Gasteiger partial charge is 0.216 e. The molecule has 0 fully saturated rings. The molecule has 4 heterocycles. The molecule has 3 aromatic carbocycles. The van der Waals surface area contributed by atoms with Crippen molar-refractivity contribution in [2.24, 2.45) is 0 Å². The third-order valence-electron chi connectivity index (χ3n) is 8.12. The summed E-state index contributed by atoms with van der Waals surface area (Å²) in [5, 5.41) is 3.54. The Kier molecular flexibility index (Phi) is 9.78. The molecule has 0 aliphatic rings. The number of rotatable bonds is 5. The molecule has 0 spiro atoms. The van der Waals surface area contributed by atoms with Crippen molar-refractivity contribution in [2.45, 2.75) is 66.2 Å². The predicted octanol–water partition coefficient (Wildman–Crippen LogP) is 9.90. The fourth-order valence-corrected chi connectivity index (χ4v) is 7.58. The molecule has 0 bridgehead atoms. The first-order valence-corrected chi connectivity index (χ1v) is 19.2. The molecule has 0 unspecified atom stereocenters. The van der Waals surface area contributed by atoms with Crippen LogP contribution in [0.5, 0.6) is 0 Å². The minimum absolute atomic E-state index is 0. The van der Waals surface area contributed by atoms with E-state index in [2.05, 4.69) is 104 Å². The largest absolute Gasteiger partial charge is 0.486 e. The van der Waals surface area contributed by atoms with Gasteiger partial charge in [0.2, 0.25) is 5.71 Å². The molecule has 5 nitrogen and oxygen atoms in total. The third-order valence-corrected chi connectivity index (χ3v) is 10.2. The van der Waals surface area contributed by atoms with Crippen LogP contribution >= 0.6 is 0 Å². The SMILES string of the molecule is CC(C)c1cc(-c2[c-]cccc2)ncc1[Si](C)(C)C.Cc1ccc2c(n1)oc1c(-c3nc4ccccc4n3C(C)C)[c-]ccc12.[Ir]. The monoisotopic (exact) mass is 801 g/mol. The third kappa shape index (κ3) is 6.50. The zero-order valence-electron chi connectivity index (χ0n) is 27.8. The Morgan fingerprint density at radius 1 is 0.826 bits per heavy atom. The molecule has 46 heavy (non-hydrogen) atoms. The van der Waals surface area contributed by atoms with Gasteiger partial charge in [-0.25, -0.2) is 4.98 Å². The first-order valence-electron chi connectivity index (χ1n) is 15.7. The molecule has 7 aromatic rings. The number of fused-ring (bicyclic) bond motifs is 4. The average Bonchev–Trinajstić information content (AvgIpc) is 3.59. The van der Waals surface area contributed by atoms with Crippen molar-refractivity contribution in [1.29, 1.82) is 0 Å². The molecule has 0 aliphatic heterocycles. The fourth-order valence-electron chi connectivity index (χ4n) is 5.90. The van der Waals surface area contributed by atoms with Crippen LogP contribution in [0.3, 0.4) is 0 Å². The molecule has 7 rings (SSSR count). The Labute approximate surface area is 286 Å². The maximum absolute atomic E-state index is 6.15. The standard InChI is InChI=1S/C22H18N3O.C17H22NSi.Ir/c1-13(2)25-19-10-5-4-9-18(19)24-21(25)17-8-6-7-15-16-12-11-14(3)23-22(16)26-20(15)17;1-13(2)15-11-16(14-9-7-6-8-10-14)18-12-17(15)19(3,4)5;/h4-7,9-13H,1-3H3;6-9,11-13H,1-5H3;/q2*-1;. The van der Waals surface area contributed by atoms with Crippen LogP contribution < -0.4 is 5.19 Å². The van der Waals surface area contributed by atoms with E-state index in [1.54, 1.807) is 0 Å². The van der Waals surface area contributed by atoms with Crippen LogP contribution in [0.2, 0.25) is 19.6 Å². The first-order chi connectivity index (χ1) is 21.5. The summed E-state index contributed by atoms with van der Waals surface area (Å²) >= 11 is 0. The number of nitrogens with zero attached hydrogens (tertiary/aromatic N) is 4. The van der Waals surface area contributed by atoms with Crippen molar-refractivity contribution in [3.05, 3.63) is 108 Å². The molecular weight excluding hydrogens is 761 g/mol. The van der Waals surface area contributed by atoms with Crippen LogP contribution in [0.25, 0.3) is 55.7 Å².